The molecule has 100 valence electrons. The molecule has 0 saturated heterocycles. The van der Waals surface area contributed by atoms with Crippen LogP contribution in [0.4, 0.5) is 11.8 Å². The molecular weight excluding hydrogens is 260 g/mol. The molecule has 0 aliphatic carbocycles. The lowest BCUT2D eigenvalue weighted by atomic mass is 10.0. The summed E-state index contributed by atoms with van der Waals surface area (Å²) in [5.41, 5.74) is 3.02. The van der Waals surface area contributed by atoms with Crippen LogP contribution in [0.3, 0.4) is 0 Å². The van der Waals surface area contributed by atoms with Crippen molar-refractivity contribution in [3.05, 3.63) is 35.0 Å². The van der Waals surface area contributed by atoms with Crippen LogP contribution in [0.2, 0.25) is 5.02 Å². The van der Waals surface area contributed by atoms with Crippen molar-refractivity contribution in [1.29, 1.82) is 0 Å². The predicted molar refractivity (Wildman–Crippen MR) is 80.9 cm³/mol. The quantitative estimate of drug-likeness (QED) is 0.898. The van der Waals surface area contributed by atoms with Gasteiger partial charge >= 0.3 is 0 Å². The molecule has 0 amide bonds. The second-order valence-electron chi connectivity index (χ2n) is 4.08. The van der Waals surface area contributed by atoms with Crippen LogP contribution in [0, 0.1) is 0 Å². The maximum atomic E-state index is 6.07. The van der Waals surface area contributed by atoms with Gasteiger partial charge in [0.25, 0.3) is 0 Å². The molecule has 0 atom stereocenters. The van der Waals surface area contributed by atoms with Gasteiger partial charge < -0.3 is 10.6 Å². The van der Waals surface area contributed by atoms with Gasteiger partial charge in [-0.25, -0.2) is 4.98 Å². The van der Waals surface area contributed by atoms with Crippen LogP contribution >= 0.6 is 11.6 Å². The predicted octanol–water partition coefficient (Wildman–Crippen LogP) is 3.44. The highest BCUT2D eigenvalue weighted by Gasteiger charge is 2.14. The van der Waals surface area contributed by atoms with Crippen LogP contribution in [0.25, 0.3) is 11.1 Å². The summed E-state index contributed by atoms with van der Waals surface area (Å²) in [4.78, 5) is 8.97. The van der Waals surface area contributed by atoms with Crippen molar-refractivity contribution in [2.75, 3.05) is 24.7 Å². The second kappa shape index (κ2) is 5.89. The number of benzene rings is 1. The zero-order valence-electron chi connectivity index (χ0n) is 11.3. The van der Waals surface area contributed by atoms with Crippen molar-refractivity contribution in [2.24, 2.45) is 0 Å². The fourth-order valence-electron chi connectivity index (χ4n) is 2.00. The number of aromatic nitrogens is 2. The standard InChI is InChI=1S/C14H17ClN4/c1-4-11-12(9-6-5-7-10(15)8-9)13(16-2)19-14(17-3)18-11/h5-8H,4H2,1-3H3,(H2,16,17,18,19). The first-order valence-electron chi connectivity index (χ1n) is 6.22. The summed E-state index contributed by atoms with van der Waals surface area (Å²) in [5.74, 6) is 1.42. The Morgan fingerprint density at radius 1 is 1.16 bits per heavy atom. The van der Waals surface area contributed by atoms with Crippen molar-refractivity contribution in [3.8, 4) is 11.1 Å². The second-order valence-corrected chi connectivity index (χ2v) is 4.52. The minimum Gasteiger partial charge on any atom is -0.372 e. The average molecular weight is 277 g/mol. The summed E-state index contributed by atoms with van der Waals surface area (Å²) in [6.07, 6.45) is 0.827. The van der Waals surface area contributed by atoms with E-state index in [2.05, 4.69) is 27.5 Å². The SMILES string of the molecule is CCc1nc(NC)nc(NC)c1-c1cccc(Cl)c1. The van der Waals surface area contributed by atoms with Gasteiger partial charge in [-0.2, -0.15) is 4.98 Å². The first-order valence-corrected chi connectivity index (χ1v) is 6.59. The Balaban J connectivity index is 2.66. The van der Waals surface area contributed by atoms with Crippen LogP contribution < -0.4 is 10.6 Å². The van der Waals surface area contributed by atoms with Crippen LogP contribution in [0.1, 0.15) is 12.6 Å². The fraction of sp³-hybridized carbons (Fsp3) is 0.286. The van der Waals surface area contributed by atoms with Gasteiger partial charge in [-0.3, -0.25) is 0 Å². The molecule has 19 heavy (non-hydrogen) atoms. The van der Waals surface area contributed by atoms with Gasteiger partial charge in [-0.05, 0) is 24.1 Å². The van der Waals surface area contributed by atoms with E-state index in [4.69, 9.17) is 11.6 Å². The first-order chi connectivity index (χ1) is 9.19. The Morgan fingerprint density at radius 2 is 1.95 bits per heavy atom. The van der Waals surface area contributed by atoms with Crippen LogP contribution in [-0.4, -0.2) is 24.1 Å². The van der Waals surface area contributed by atoms with Gasteiger partial charge in [0, 0.05) is 24.7 Å². The highest BCUT2D eigenvalue weighted by molar-refractivity contribution is 6.30. The largest absolute Gasteiger partial charge is 0.372 e. The topological polar surface area (TPSA) is 49.8 Å². The summed E-state index contributed by atoms with van der Waals surface area (Å²) < 4.78 is 0. The number of hydrogen-bond donors (Lipinski definition) is 2. The van der Waals surface area contributed by atoms with Gasteiger partial charge in [0.2, 0.25) is 5.95 Å². The zero-order chi connectivity index (χ0) is 13.8. The van der Waals surface area contributed by atoms with E-state index >= 15 is 0 Å². The summed E-state index contributed by atoms with van der Waals surface area (Å²) in [5, 5.41) is 6.81. The van der Waals surface area contributed by atoms with Crippen molar-refractivity contribution in [1.82, 2.24) is 9.97 Å². The molecule has 1 aromatic carbocycles. The number of anilines is 2. The monoisotopic (exact) mass is 276 g/mol. The molecule has 0 radical (unpaired) electrons. The smallest absolute Gasteiger partial charge is 0.224 e. The molecule has 5 heteroatoms. The Hall–Kier alpha value is -1.81. The first kappa shape index (κ1) is 13.6. The maximum Gasteiger partial charge on any atom is 0.224 e. The van der Waals surface area contributed by atoms with Crippen molar-refractivity contribution in [3.63, 3.8) is 0 Å². The maximum absolute atomic E-state index is 6.07. The van der Waals surface area contributed by atoms with Crippen LogP contribution in [0.15, 0.2) is 24.3 Å². The highest BCUT2D eigenvalue weighted by atomic mass is 35.5. The van der Waals surface area contributed by atoms with Gasteiger partial charge in [-0.15, -0.1) is 0 Å². The number of nitrogens with one attached hydrogen (secondary N) is 2. The van der Waals surface area contributed by atoms with Gasteiger partial charge in [0.05, 0.1) is 5.69 Å². The van der Waals surface area contributed by atoms with E-state index in [0.29, 0.717) is 11.0 Å². The lowest BCUT2D eigenvalue weighted by Gasteiger charge is -2.14. The molecule has 0 saturated carbocycles. The van der Waals surface area contributed by atoms with E-state index in [1.165, 1.54) is 0 Å². The number of nitrogens with zero attached hydrogens (tertiary/aromatic N) is 2. The van der Waals surface area contributed by atoms with Crippen molar-refractivity contribution < 1.29 is 0 Å². The number of rotatable bonds is 4. The Bertz CT molecular complexity index is 558. The molecule has 2 rings (SSSR count). The van der Waals surface area contributed by atoms with Gasteiger partial charge in [0.1, 0.15) is 5.82 Å². The zero-order valence-corrected chi connectivity index (χ0v) is 12.0. The number of halogens is 1. The van der Waals surface area contributed by atoms with Crippen LogP contribution in [0.5, 0.6) is 0 Å². The lowest BCUT2D eigenvalue weighted by Crippen LogP contribution is -2.06. The molecular formula is C14H17ClN4. The molecule has 1 heterocycles. The lowest BCUT2D eigenvalue weighted by molar-refractivity contribution is 1.00. The van der Waals surface area contributed by atoms with Crippen molar-refractivity contribution in [2.45, 2.75) is 13.3 Å². The van der Waals surface area contributed by atoms with Gasteiger partial charge in [-0.1, -0.05) is 30.7 Å². The Labute approximate surface area is 118 Å². The minimum atomic E-state index is 0.618. The molecule has 0 aliphatic rings. The number of hydrogen-bond acceptors (Lipinski definition) is 4. The molecule has 0 aliphatic heterocycles. The summed E-state index contributed by atoms with van der Waals surface area (Å²) in [7, 11) is 3.67. The molecule has 0 spiro atoms. The fourth-order valence-corrected chi connectivity index (χ4v) is 2.19. The molecule has 4 nitrogen and oxygen atoms in total. The van der Waals surface area contributed by atoms with Crippen LogP contribution in [-0.2, 0) is 6.42 Å². The third-order valence-electron chi connectivity index (χ3n) is 2.89. The highest BCUT2D eigenvalue weighted by Crippen LogP contribution is 2.32. The van der Waals surface area contributed by atoms with E-state index in [0.717, 1.165) is 29.1 Å². The van der Waals surface area contributed by atoms with E-state index in [1.807, 2.05) is 38.4 Å². The van der Waals surface area contributed by atoms with Crippen molar-refractivity contribution >= 4 is 23.4 Å². The van der Waals surface area contributed by atoms with E-state index < -0.39 is 0 Å². The Morgan fingerprint density at radius 3 is 2.53 bits per heavy atom. The summed E-state index contributed by atoms with van der Waals surface area (Å²) in [6.45, 7) is 2.08. The average Bonchev–Trinajstić information content (AvgIpc) is 2.45. The van der Waals surface area contributed by atoms with E-state index in [1.54, 1.807) is 0 Å². The normalized spacial score (nSPS) is 10.3. The summed E-state index contributed by atoms with van der Waals surface area (Å²) >= 11 is 6.07. The molecule has 0 fully saturated rings. The minimum absolute atomic E-state index is 0.618. The molecule has 0 bridgehead atoms. The Kier molecular flexibility index (Phi) is 4.22. The molecule has 2 N–H and O–H groups in total. The molecule has 1 aromatic heterocycles. The van der Waals surface area contributed by atoms with Gasteiger partial charge in [0.15, 0.2) is 0 Å². The third-order valence-corrected chi connectivity index (χ3v) is 3.13. The molecule has 0 unspecified atom stereocenters. The third kappa shape index (κ3) is 2.79. The summed E-state index contributed by atoms with van der Waals surface area (Å²) in [6, 6.07) is 7.74. The van der Waals surface area contributed by atoms with E-state index in [9.17, 15) is 0 Å². The number of aryl methyl sites for hydroxylation is 1. The van der Waals surface area contributed by atoms with E-state index in [-0.39, 0.29) is 0 Å². The molecule has 2 aromatic rings.